The molecule has 0 aromatic heterocycles. The fourth-order valence-electron chi connectivity index (χ4n) is 1.76. The highest BCUT2D eigenvalue weighted by Gasteiger charge is 2.17. The second-order valence-corrected chi connectivity index (χ2v) is 6.59. The van der Waals surface area contributed by atoms with Gasteiger partial charge in [-0.25, -0.2) is 18.0 Å². The van der Waals surface area contributed by atoms with Crippen molar-refractivity contribution in [3.63, 3.8) is 0 Å². The molecule has 0 amide bonds. The van der Waals surface area contributed by atoms with Crippen LogP contribution in [0.4, 0.5) is 5.69 Å². The Hall–Kier alpha value is -2.58. The first-order valence-corrected chi connectivity index (χ1v) is 7.95. The highest BCUT2D eigenvalue weighted by atomic mass is 35.5. The van der Waals surface area contributed by atoms with E-state index in [0.717, 1.165) is 18.2 Å². The van der Waals surface area contributed by atoms with Crippen molar-refractivity contribution in [3.8, 4) is 0 Å². The van der Waals surface area contributed by atoms with Gasteiger partial charge in [0.25, 0.3) is 10.0 Å². The number of carbonyl (C=O) groups is 2. The van der Waals surface area contributed by atoms with E-state index in [0.29, 0.717) is 5.02 Å². The SMILES string of the molecule is O=C(O)c1cc(NS(=O)(=O)c2ccc(Cl)cc2)cc(C(=O)O)c1. The quantitative estimate of drug-likeness (QED) is 0.757. The molecule has 2 aromatic carbocycles. The third-order valence-electron chi connectivity index (χ3n) is 2.80. The predicted octanol–water partition coefficient (Wildman–Crippen LogP) is 2.54. The number of benzene rings is 2. The van der Waals surface area contributed by atoms with E-state index in [1.165, 1.54) is 24.3 Å². The van der Waals surface area contributed by atoms with Crippen molar-refractivity contribution in [2.75, 3.05) is 4.72 Å². The van der Waals surface area contributed by atoms with Crippen molar-refractivity contribution in [1.29, 1.82) is 0 Å². The molecule has 0 fully saturated rings. The Morgan fingerprint density at radius 1 is 0.913 bits per heavy atom. The zero-order valence-electron chi connectivity index (χ0n) is 11.4. The zero-order valence-corrected chi connectivity index (χ0v) is 12.9. The number of hydrogen-bond donors (Lipinski definition) is 3. The minimum atomic E-state index is -4.01. The van der Waals surface area contributed by atoms with E-state index in [1.807, 2.05) is 0 Å². The van der Waals surface area contributed by atoms with E-state index in [1.54, 1.807) is 0 Å². The molecular weight excluding hydrogens is 346 g/mol. The van der Waals surface area contributed by atoms with Crippen molar-refractivity contribution in [1.82, 2.24) is 0 Å². The summed E-state index contributed by atoms with van der Waals surface area (Å²) in [7, 11) is -4.01. The van der Waals surface area contributed by atoms with Gasteiger partial charge in [-0.15, -0.1) is 0 Å². The number of sulfonamides is 1. The van der Waals surface area contributed by atoms with Crippen molar-refractivity contribution in [2.24, 2.45) is 0 Å². The van der Waals surface area contributed by atoms with Gasteiger partial charge in [0.1, 0.15) is 0 Å². The van der Waals surface area contributed by atoms with Crippen molar-refractivity contribution in [3.05, 3.63) is 58.6 Å². The number of carboxylic acid groups (broad SMARTS) is 2. The summed E-state index contributed by atoms with van der Waals surface area (Å²) in [6, 6.07) is 8.29. The third kappa shape index (κ3) is 3.99. The fraction of sp³-hybridized carbons (Fsp3) is 0. The first-order valence-electron chi connectivity index (χ1n) is 6.09. The molecule has 0 saturated heterocycles. The normalized spacial score (nSPS) is 11.0. The van der Waals surface area contributed by atoms with Gasteiger partial charge in [-0.05, 0) is 42.5 Å². The average molecular weight is 356 g/mol. The molecule has 0 aliphatic rings. The van der Waals surface area contributed by atoms with Crippen LogP contribution in [0.3, 0.4) is 0 Å². The lowest BCUT2D eigenvalue weighted by Gasteiger charge is -2.10. The number of anilines is 1. The molecule has 7 nitrogen and oxygen atoms in total. The molecule has 2 aromatic rings. The van der Waals surface area contributed by atoms with Crippen LogP contribution in [0.5, 0.6) is 0 Å². The molecule has 9 heteroatoms. The Morgan fingerprint density at radius 3 is 1.83 bits per heavy atom. The first-order chi connectivity index (χ1) is 10.7. The van der Waals surface area contributed by atoms with E-state index in [-0.39, 0.29) is 21.7 Å². The second kappa shape index (κ2) is 6.27. The van der Waals surface area contributed by atoms with Gasteiger partial charge in [-0.3, -0.25) is 4.72 Å². The van der Waals surface area contributed by atoms with Crippen LogP contribution in [0.25, 0.3) is 0 Å². The maximum absolute atomic E-state index is 12.2. The molecule has 0 unspecified atom stereocenters. The third-order valence-corrected chi connectivity index (χ3v) is 4.45. The summed E-state index contributed by atoms with van der Waals surface area (Å²) in [5.41, 5.74) is -0.866. The predicted molar refractivity (Wildman–Crippen MR) is 82.6 cm³/mol. The van der Waals surface area contributed by atoms with Crippen LogP contribution >= 0.6 is 11.6 Å². The molecule has 3 N–H and O–H groups in total. The van der Waals surface area contributed by atoms with E-state index in [9.17, 15) is 18.0 Å². The summed E-state index contributed by atoms with van der Waals surface area (Å²) in [5, 5.41) is 18.3. The Labute approximate surface area is 136 Å². The molecule has 0 atom stereocenters. The van der Waals surface area contributed by atoms with Crippen LogP contribution in [0.1, 0.15) is 20.7 Å². The maximum atomic E-state index is 12.2. The Bertz CT molecular complexity index is 844. The molecule has 0 aliphatic carbocycles. The zero-order chi connectivity index (χ0) is 17.2. The summed E-state index contributed by atoms with van der Waals surface area (Å²) in [5.74, 6) is -2.75. The average Bonchev–Trinajstić information content (AvgIpc) is 2.46. The number of halogens is 1. The highest BCUT2D eigenvalue weighted by molar-refractivity contribution is 7.92. The van der Waals surface area contributed by atoms with Gasteiger partial charge in [0.2, 0.25) is 0 Å². The van der Waals surface area contributed by atoms with Gasteiger partial charge in [0.15, 0.2) is 0 Å². The summed E-state index contributed by atoms with van der Waals surface area (Å²) in [4.78, 5) is 21.9. The number of hydrogen-bond acceptors (Lipinski definition) is 4. The van der Waals surface area contributed by atoms with Crippen LogP contribution in [0.15, 0.2) is 47.4 Å². The number of rotatable bonds is 5. The Morgan fingerprint density at radius 2 is 1.39 bits per heavy atom. The van der Waals surface area contributed by atoms with E-state index >= 15 is 0 Å². The van der Waals surface area contributed by atoms with Gasteiger partial charge in [0, 0.05) is 5.02 Å². The molecule has 0 bridgehead atoms. The molecule has 2 rings (SSSR count). The van der Waals surface area contributed by atoms with Gasteiger partial charge in [-0.2, -0.15) is 0 Å². The van der Waals surface area contributed by atoms with Crippen molar-refractivity contribution < 1.29 is 28.2 Å². The van der Waals surface area contributed by atoms with Crippen LogP contribution in [-0.4, -0.2) is 30.6 Å². The smallest absolute Gasteiger partial charge is 0.335 e. The van der Waals surface area contributed by atoms with Crippen LogP contribution in [-0.2, 0) is 10.0 Å². The van der Waals surface area contributed by atoms with E-state index < -0.39 is 22.0 Å². The number of aromatic carboxylic acids is 2. The topological polar surface area (TPSA) is 121 Å². The van der Waals surface area contributed by atoms with Gasteiger partial charge < -0.3 is 10.2 Å². The highest BCUT2D eigenvalue weighted by Crippen LogP contribution is 2.21. The maximum Gasteiger partial charge on any atom is 0.335 e. The molecule has 0 saturated carbocycles. The summed E-state index contributed by atoms with van der Waals surface area (Å²) in [6.07, 6.45) is 0. The molecule has 0 radical (unpaired) electrons. The summed E-state index contributed by atoms with van der Waals surface area (Å²) < 4.78 is 26.6. The first kappa shape index (κ1) is 16.8. The van der Waals surface area contributed by atoms with Crippen molar-refractivity contribution in [2.45, 2.75) is 4.90 Å². The largest absolute Gasteiger partial charge is 0.478 e. The molecule has 23 heavy (non-hydrogen) atoms. The van der Waals surface area contributed by atoms with Crippen LogP contribution in [0.2, 0.25) is 5.02 Å². The lowest BCUT2D eigenvalue weighted by atomic mass is 10.1. The van der Waals surface area contributed by atoms with E-state index in [4.69, 9.17) is 21.8 Å². The Balaban J connectivity index is 2.44. The van der Waals surface area contributed by atoms with Crippen LogP contribution < -0.4 is 4.72 Å². The summed E-state index contributed by atoms with van der Waals surface area (Å²) >= 11 is 5.69. The number of nitrogens with one attached hydrogen (secondary N) is 1. The Kier molecular flexibility index (Phi) is 4.57. The summed E-state index contributed by atoms with van der Waals surface area (Å²) in [6.45, 7) is 0. The van der Waals surface area contributed by atoms with Crippen LogP contribution in [0, 0.1) is 0 Å². The lowest BCUT2D eigenvalue weighted by Crippen LogP contribution is -2.14. The van der Waals surface area contributed by atoms with Gasteiger partial charge >= 0.3 is 11.9 Å². The monoisotopic (exact) mass is 355 g/mol. The minimum absolute atomic E-state index is 0.0977. The lowest BCUT2D eigenvalue weighted by molar-refractivity contribution is 0.0696. The molecule has 0 aliphatic heterocycles. The standard InChI is InChI=1S/C14H10ClNO6S/c15-10-1-3-12(4-2-10)23(21,22)16-11-6-8(13(17)18)5-9(7-11)14(19)20/h1-7,16H,(H,17,18)(H,19,20). The van der Waals surface area contributed by atoms with Gasteiger partial charge in [-0.1, -0.05) is 11.6 Å². The molecule has 0 heterocycles. The second-order valence-electron chi connectivity index (χ2n) is 4.47. The molecule has 0 spiro atoms. The van der Waals surface area contributed by atoms with Gasteiger partial charge in [0.05, 0.1) is 21.7 Å². The minimum Gasteiger partial charge on any atom is -0.478 e. The fourth-order valence-corrected chi connectivity index (χ4v) is 2.93. The van der Waals surface area contributed by atoms with Crippen molar-refractivity contribution >= 4 is 39.3 Å². The molecular formula is C14H10ClNO6S. The number of carboxylic acids is 2. The molecule has 120 valence electrons. The van der Waals surface area contributed by atoms with E-state index in [2.05, 4.69) is 4.72 Å².